The van der Waals surface area contributed by atoms with Gasteiger partial charge in [-0.2, -0.15) is 0 Å². The van der Waals surface area contributed by atoms with Gasteiger partial charge in [-0.15, -0.1) is 5.10 Å². The maximum Gasteiger partial charge on any atom is 0.343 e. The molecule has 0 aliphatic heterocycles. The molecule has 0 saturated carbocycles. The van der Waals surface area contributed by atoms with E-state index in [2.05, 4.69) is 31.4 Å². The van der Waals surface area contributed by atoms with Crippen molar-refractivity contribution in [2.24, 2.45) is 0 Å². The van der Waals surface area contributed by atoms with Crippen LogP contribution in [0.2, 0.25) is 0 Å². The molecule has 0 bridgehead atoms. The van der Waals surface area contributed by atoms with Crippen LogP contribution in [0.3, 0.4) is 0 Å². The van der Waals surface area contributed by atoms with E-state index in [0.29, 0.717) is 11.7 Å². The van der Waals surface area contributed by atoms with Crippen LogP contribution in [-0.4, -0.2) is 25.9 Å². The van der Waals surface area contributed by atoms with E-state index in [0.717, 1.165) is 22.1 Å². The van der Waals surface area contributed by atoms with Gasteiger partial charge in [0.15, 0.2) is 5.16 Å². The molecule has 0 radical (unpaired) electrons. The van der Waals surface area contributed by atoms with Gasteiger partial charge >= 0.3 is 5.69 Å². The fourth-order valence-electron chi connectivity index (χ4n) is 1.98. The van der Waals surface area contributed by atoms with Crippen molar-refractivity contribution < 1.29 is 4.79 Å². The Balaban J connectivity index is 2.07. The molecule has 2 aromatic rings. The summed E-state index contributed by atoms with van der Waals surface area (Å²) in [6.45, 7) is 6.34. The number of halogens is 1. The third kappa shape index (κ3) is 4.48. The van der Waals surface area contributed by atoms with Crippen LogP contribution in [0.15, 0.2) is 32.6 Å². The number of aromatic amines is 1. The Kier molecular flexibility index (Phi) is 6.06. The molecule has 0 aliphatic rings. The molecular weight excluding hydrogens is 380 g/mol. The van der Waals surface area contributed by atoms with Crippen molar-refractivity contribution in [1.29, 1.82) is 0 Å². The number of thioether (sulfide) groups is 1. The Bertz CT molecular complexity index is 756. The third-order valence-electron chi connectivity index (χ3n) is 3.20. The first kappa shape index (κ1) is 17.8. The maximum absolute atomic E-state index is 12.4. The second kappa shape index (κ2) is 7.83. The minimum Gasteiger partial charge on any atom is -0.324 e. The molecule has 2 rings (SSSR count). The lowest BCUT2D eigenvalue weighted by Crippen LogP contribution is -2.24. The summed E-state index contributed by atoms with van der Waals surface area (Å²) in [5.74, 6) is -0.141. The van der Waals surface area contributed by atoms with Gasteiger partial charge in [0.2, 0.25) is 5.91 Å². The number of H-pyrrole nitrogens is 1. The zero-order valence-electron chi connectivity index (χ0n) is 13.2. The van der Waals surface area contributed by atoms with E-state index in [1.54, 1.807) is 11.5 Å². The van der Waals surface area contributed by atoms with Crippen LogP contribution >= 0.6 is 27.7 Å². The number of aryl methyl sites for hydroxylation is 1. The molecule has 0 fully saturated rings. The molecule has 6 nitrogen and oxygen atoms in total. The topological polar surface area (TPSA) is 79.8 Å². The molecule has 23 heavy (non-hydrogen) atoms. The average molecular weight is 399 g/mol. The first-order valence-electron chi connectivity index (χ1n) is 7.31. The maximum atomic E-state index is 12.4. The van der Waals surface area contributed by atoms with Crippen molar-refractivity contribution in [3.05, 3.63) is 38.7 Å². The van der Waals surface area contributed by atoms with E-state index in [9.17, 15) is 9.59 Å². The Morgan fingerprint density at radius 1 is 1.52 bits per heavy atom. The second-order valence-corrected chi connectivity index (χ2v) is 7.36. The lowest BCUT2D eigenvalue weighted by Gasteiger charge is -2.13. The number of hydrogen-bond acceptors (Lipinski definition) is 4. The molecule has 0 spiro atoms. The number of rotatable bonds is 6. The highest BCUT2D eigenvalue weighted by Gasteiger charge is 2.19. The number of amides is 1. The number of carbonyl (C=O) groups is 1. The van der Waals surface area contributed by atoms with Gasteiger partial charge in [-0.05, 0) is 53.9 Å². The molecule has 1 atom stereocenters. The average Bonchev–Trinajstić information content (AvgIpc) is 2.83. The van der Waals surface area contributed by atoms with Crippen molar-refractivity contribution in [3.8, 4) is 0 Å². The fourth-order valence-corrected chi connectivity index (χ4v) is 3.46. The lowest BCUT2D eigenvalue weighted by atomic mass is 10.2. The molecule has 124 valence electrons. The van der Waals surface area contributed by atoms with Crippen LogP contribution in [-0.2, 0) is 11.3 Å². The van der Waals surface area contributed by atoms with E-state index in [1.165, 1.54) is 11.8 Å². The summed E-state index contributed by atoms with van der Waals surface area (Å²) >= 11 is 4.70. The van der Waals surface area contributed by atoms with Gasteiger partial charge in [-0.3, -0.25) is 9.36 Å². The van der Waals surface area contributed by atoms with Gasteiger partial charge in [0.25, 0.3) is 0 Å². The van der Waals surface area contributed by atoms with Gasteiger partial charge < -0.3 is 5.32 Å². The summed E-state index contributed by atoms with van der Waals surface area (Å²) in [6, 6.07) is 5.74. The van der Waals surface area contributed by atoms with Crippen LogP contribution in [0, 0.1) is 6.92 Å². The molecule has 1 aromatic heterocycles. The van der Waals surface area contributed by atoms with Crippen molar-refractivity contribution >= 4 is 39.3 Å². The van der Waals surface area contributed by atoms with Gasteiger partial charge in [0, 0.05) is 11.0 Å². The number of benzene rings is 1. The number of nitrogens with zero attached hydrogens (tertiary/aromatic N) is 2. The Morgan fingerprint density at radius 3 is 2.91 bits per heavy atom. The molecule has 1 heterocycles. The van der Waals surface area contributed by atoms with E-state index in [-0.39, 0.29) is 16.8 Å². The van der Waals surface area contributed by atoms with Crippen molar-refractivity contribution in [3.63, 3.8) is 0 Å². The SMILES string of the molecule is CCCn1c(SC(C)C(=O)Nc2ccc(C)cc2Br)n[nH]c1=O. The fraction of sp³-hybridized carbons (Fsp3) is 0.400. The molecule has 0 aliphatic carbocycles. The van der Waals surface area contributed by atoms with Crippen LogP contribution in [0.25, 0.3) is 0 Å². The highest BCUT2D eigenvalue weighted by molar-refractivity contribution is 9.10. The first-order chi connectivity index (χ1) is 10.9. The monoisotopic (exact) mass is 398 g/mol. The smallest absolute Gasteiger partial charge is 0.324 e. The van der Waals surface area contributed by atoms with Crippen molar-refractivity contribution in [2.75, 3.05) is 5.32 Å². The minimum absolute atomic E-state index is 0.141. The molecule has 1 aromatic carbocycles. The zero-order valence-corrected chi connectivity index (χ0v) is 15.6. The Hall–Kier alpha value is -1.54. The number of hydrogen-bond donors (Lipinski definition) is 2. The van der Waals surface area contributed by atoms with Gasteiger partial charge in [0.05, 0.1) is 10.9 Å². The van der Waals surface area contributed by atoms with Crippen LogP contribution in [0.1, 0.15) is 25.8 Å². The van der Waals surface area contributed by atoms with E-state index in [4.69, 9.17) is 0 Å². The summed E-state index contributed by atoms with van der Waals surface area (Å²) in [5.41, 5.74) is 1.58. The second-order valence-electron chi connectivity index (χ2n) is 5.20. The highest BCUT2D eigenvalue weighted by Crippen LogP contribution is 2.26. The number of aromatic nitrogens is 3. The predicted octanol–water partition coefficient (Wildman–Crippen LogP) is 3.17. The summed E-state index contributed by atoms with van der Waals surface area (Å²) in [6.07, 6.45) is 0.823. The van der Waals surface area contributed by atoms with Crippen LogP contribution in [0.5, 0.6) is 0 Å². The zero-order chi connectivity index (χ0) is 17.0. The van der Waals surface area contributed by atoms with Crippen LogP contribution < -0.4 is 11.0 Å². The number of nitrogens with one attached hydrogen (secondary N) is 2. The normalized spacial score (nSPS) is 12.2. The van der Waals surface area contributed by atoms with Crippen LogP contribution in [0.4, 0.5) is 5.69 Å². The number of anilines is 1. The van der Waals surface area contributed by atoms with Gasteiger partial charge in [0.1, 0.15) is 0 Å². The van der Waals surface area contributed by atoms with Crippen molar-refractivity contribution in [2.45, 2.75) is 44.1 Å². The summed E-state index contributed by atoms with van der Waals surface area (Å²) in [4.78, 5) is 24.0. The Morgan fingerprint density at radius 2 is 2.26 bits per heavy atom. The molecule has 8 heteroatoms. The number of carbonyl (C=O) groups excluding carboxylic acids is 1. The Labute approximate surface area is 147 Å². The molecular formula is C15H19BrN4O2S. The highest BCUT2D eigenvalue weighted by atomic mass is 79.9. The lowest BCUT2D eigenvalue weighted by molar-refractivity contribution is -0.115. The first-order valence-corrected chi connectivity index (χ1v) is 8.98. The molecule has 1 amide bonds. The summed E-state index contributed by atoms with van der Waals surface area (Å²) < 4.78 is 2.39. The third-order valence-corrected chi connectivity index (χ3v) is 4.95. The molecule has 2 N–H and O–H groups in total. The molecule has 1 unspecified atom stereocenters. The quantitative estimate of drug-likeness (QED) is 0.732. The summed E-state index contributed by atoms with van der Waals surface area (Å²) in [7, 11) is 0. The van der Waals surface area contributed by atoms with E-state index in [1.807, 2.05) is 32.0 Å². The summed E-state index contributed by atoms with van der Waals surface area (Å²) in [5, 5.41) is 9.45. The largest absolute Gasteiger partial charge is 0.343 e. The van der Waals surface area contributed by atoms with E-state index < -0.39 is 0 Å². The minimum atomic E-state index is -0.381. The van der Waals surface area contributed by atoms with E-state index >= 15 is 0 Å². The van der Waals surface area contributed by atoms with Gasteiger partial charge in [-0.25, -0.2) is 9.89 Å². The standard InChI is InChI=1S/C15H19BrN4O2S/c1-4-7-20-14(22)18-19-15(20)23-10(3)13(21)17-12-6-5-9(2)8-11(12)16/h5-6,8,10H,4,7H2,1-3H3,(H,17,21)(H,18,22). The van der Waals surface area contributed by atoms with Gasteiger partial charge in [-0.1, -0.05) is 24.8 Å². The molecule has 0 saturated heterocycles. The predicted molar refractivity (Wildman–Crippen MR) is 96.0 cm³/mol. The van der Waals surface area contributed by atoms with Crippen molar-refractivity contribution in [1.82, 2.24) is 14.8 Å².